The van der Waals surface area contributed by atoms with Crippen molar-refractivity contribution in [3.05, 3.63) is 42.2 Å². The standard InChI is InChI=1S/C21H24N6O4/c1-21(2)6-8-27(20(21)30)17-15(11-26(3)25-17)23-18(29)16-12-31-19(24-16)14-4-7-22-10-13(14)5-9-28/h4,7,10-12,28H,5-6,8-9H2,1-3H3,(H,23,29). The lowest BCUT2D eigenvalue weighted by Gasteiger charge is -2.18. The Hall–Kier alpha value is -3.53. The summed E-state index contributed by atoms with van der Waals surface area (Å²) in [6.07, 6.45) is 7.25. The first-order valence-corrected chi connectivity index (χ1v) is 9.97. The Morgan fingerprint density at radius 1 is 1.39 bits per heavy atom. The monoisotopic (exact) mass is 424 g/mol. The van der Waals surface area contributed by atoms with E-state index in [-0.39, 0.29) is 24.1 Å². The van der Waals surface area contributed by atoms with Gasteiger partial charge in [-0.3, -0.25) is 24.2 Å². The summed E-state index contributed by atoms with van der Waals surface area (Å²) in [7, 11) is 1.73. The van der Waals surface area contributed by atoms with E-state index in [1.807, 2.05) is 13.8 Å². The molecule has 1 aliphatic rings. The van der Waals surface area contributed by atoms with Crippen LogP contribution in [0.3, 0.4) is 0 Å². The first kappa shape index (κ1) is 20.7. The van der Waals surface area contributed by atoms with Crippen molar-refractivity contribution in [1.82, 2.24) is 19.7 Å². The number of anilines is 2. The molecule has 1 saturated heterocycles. The Balaban J connectivity index is 1.57. The summed E-state index contributed by atoms with van der Waals surface area (Å²) in [6, 6.07) is 1.72. The Bertz CT molecular complexity index is 1130. The number of hydrogen-bond donors (Lipinski definition) is 2. The smallest absolute Gasteiger partial charge is 0.277 e. The molecule has 3 aromatic rings. The number of oxazole rings is 1. The van der Waals surface area contributed by atoms with Gasteiger partial charge in [-0.15, -0.1) is 0 Å². The zero-order chi connectivity index (χ0) is 22.2. The van der Waals surface area contributed by atoms with Gasteiger partial charge in [-0.1, -0.05) is 13.8 Å². The van der Waals surface area contributed by atoms with E-state index in [1.165, 1.54) is 6.26 Å². The van der Waals surface area contributed by atoms with Gasteiger partial charge in [0.15, 0.2) is 11.5 Å². The Morgan fingerprint density at radius 3 is 2.90 bits per heavy atom. The van der Waals surface area contributed by atoms with Gasteiger partial charge in [0, 0.05) is 43.6 Å². The number of aryl methyl sites for hydroxylation is 1. The average Bonchev–Trinajstić information content (AvgIpc) is 3.42. The Kier molecular flexibility index (Phi) is 5.32. The van der Waals surface area contributed by atoms with Gasteiger partial charge in [-0.2, -0.15) is 5.10 Å². The van der Waals surface area contributed by atoms with Crippen LogP contribution in [0.25, 0.3) is 11.5 Å². The predicted molar refractivity (Wildman–Crippen MR) is 112 cm³/mol. The molecule has 2 N–H and O–H groups in total. The summed E-state index contributed by atoms with van der Waals surface area (Å²) in [6.45, 7) is 4.30. The van der Waals surface area contributed by atoms with E-state index < -0.39 is 11.3 Å². The van der Waals surface area contributed by atoms with Crippen LogP contribution in [-0.2, 0) is 18.3 Å². The van der Waals surface area contributed by atoms with E-state index >= 15 is 0 Å². The molecule has 0 aromatic carbocycles. The minimum absolute atomic E-state index is 0.0282. The molecule has 4 rings (SSSR count). The number of rotatable bonds is 6. The number of pyridine rings is 1. The molecule has 0 bridgehead atoms. The summed E-state index contributed by atoms with van der Waals surface area (Å²) in [5, 5.41) is 16.4. The van der Waals surface area contributed by atoms with Gasteiger partial charge in [0.1, 0.15) is 12.0 Å². The van der Waals surface area contributed by atoms with Crippen LogP contribution in [0.1, 0.15) is 36.3 Å². The van der Waals surface area contributed by atoms with Crippen LogP contribution < -0.4 is 10.2 Å². The highest BCUT2D eigenvalue weighted by atomic mass is 16.3. The second kappa shape index (κ2) is 7.95. The zero-order valence-electron chi connectivity index (χ0n) is 17.6. The van der Waals surface area contributed by atoms with E-state index in [4.69, 9.17) is 4.42 Å². The first-order valence-electron chi connectivity index (χ1n) is 9.97. The van der Waals surface area contributed by atoms with Crippen molar-refractivity contribution in [3.63, 3.8) is 0 Å². The lowest BCUT2D eigenvalue weighted by atomic mass is 9.92. The third kappa shape index (κ3) is 3.93. The third-order valence-corrected chi connectivity index (χ3v) is 5.35. The molecule has 31 heavy (non-hydrogen) atoms. The van der Waals surface area contributed by atoms with Crippen LogP contribution in [0.5, 0.6) is 0 Å². The van der Waals surface area contributed by atoms with Crippen molar-refractivity contribution in [2.75, 3.05) is 23.4 Å². The maximum absolute atomic E-state index is 12.8. The fourth-order valence-corrected chi connectivity index (χ4v) is 3.58. The molecule has 0 atom stereocenters. The summed E-state index contributed by atoms with van der Waals surface area (Å²) < 4.78 is 7.06. The highest BCUT2D eigenvalue weighted by Crippen LogP contribution is 2.36. The number of nitrogens with zero attached hydrogens (tertiary/aromatic N) is 5. The van der Waals surface area contributed by atoms with Crippen LogP contribution in [0.4, 0.5) is 11.5 Å². The molecule has 3 aromatic heterocycles. The maximum atomic E-state index is 12.8. The topological polar surface area (TPSA) is 126 Å². The average molecular weight is 424 g/mol. The van der Waals surface area contributed by atoms with E-state index in [0.29, 0.717) is 36.5 Å². The van der Waals surface area contributed by atoms with Crippen molar-refractivity contribution < 1.29 is 19.1 Å². The minimum Gasteiger partial charge on any atom is -0.444 e. The molecule has 0 radical (unpaired) electrons. The van der Waals surface area contributed by atoms with Crippen molar-refractivity contribution in [2.45, 2.75) is 26.7 Å². The van der Waals surface area contributed by atoms with Gasteiger partial charge in [0.05, 0.1) is 6.20 Å². The van der Waals surface area contributed by atoms with Gasteiger partial charge in [-0.25, -0.2) is 4.98 Å². The highest BCUT2D eigenvalue weighted by Gasteiger charge is 2.41. The number of carbonyl (C=O) groups is 2. The lowest BCUT2D eigenvalue weighted by Crippen LogP contribution is -2.32. The van der Waals surface area contributed by atoms with Crippen LogP contribution in [0.15, 0.2) is 35.3 Å². The van der Waals surface area contributed by atoms with Crippen LogP contribution in [-0.4, -0.2) is 49.8 Å². The second-order valence-electron chi connectivity index (χ2n) is 8.13. The van der Waals surface area contributed by atoms with Crippen molar-refractivity contribution >= 4 is 23.3 Å². The molecule has 0 saturated carbocycles. The molecular weight excluding hydrogens is 400 g/mol. The number of aliphatic hydroxyl groups is 1. The number of nitrogens with one attached hydrogen (secondary N) is 1. The van der Waals surface area contributed by atoms with E-state index in [2.05, 4.69) is 20.4 Å². The molecule has 10 nitrogen and oxygen atoms in total. The quantitative estimate of drug-likeness (QED) is 0.620. The van der Waals surface area contributed by atoms with Gasteiger partial charge in [-0.05, 0) is 24.5 Å². The fourth-order valence-electron chi connectivity index (χ4n) is 3.58. The van der Waals surface area contributed by atoms with Crippen LogP contribution >= 0.6 is 0 Å². The molecule has 0 spiro atoms. The zero-order valence-corrected chi connectivity index (χ0v) is 17.6. The largest absolute Gasteiger partial charge is 0.444 e. The van der Waals surface area contributed by atoms with E-state index in [9.17, 15) is 14.7 Å². The van der Waals surface area contributed by atoms with Gasteiger partial charge < -0.3 is 14.8 Å². The number of aliphatic hydroxyl groups excluding tert-OH is 1. The Labute approximate surface area is 178 Å². The molecule has 1 aliphatic heterocycles. The molecule has 0 aliphatic carbocycles. The van der Waals surface area contributed by atoms with Gasteiger partial charge >= 0.3 is 0 Å². The van der Waals surface area contributed by atoms with Gasteiger partial charge in [0.2, 0.25) is 11.8 Å². The fraction of sp³-hybridized carbons (Fsp3) is 0.381. The molecule has 4 heterocycles. The van der Waals surface area contributed by atoms with Crippen LogP contribution in [0, 0.1) is 5.41 Å². The van der Waals surface area contributed by atoms with E-state index in [1.54, 1.807) is 41.3 Å². The molecular formula is C21H24N6O4. The van der Waals surface area contributed by atoms with E-state index in [0.717, 1.165) is 5.56 Å². The summed E-state index contributed by atoms with van der Waals surface area (Å²) in [5.41, 5.74) is 1.48. The minimum atomic E-state index is -0.479. The maximum Gasteiger partial charge on any atom is 0.277 e. The van der Waals surface area contributed by atoms with Gasteiger partial charge in [0.25, 0.3) is 5.91 Å². The molecule has 0 unspecified atom stereocenters. The lowest BCUT2D eigenvalue weighted by molar-refractivity contribution is -0.124. The number of carbonyl (C=O) groups excluding carboxylic acids is 2. The molecule has 10 heteroatoms. The summed E-state index contributed by atoms with van der Waals surface area (Å²) >= 11 is 0. The third-order valence-electron chi connectivity index (χ3n) is 5.35. The number of hydrogen-bond acceptors (Lipinski definition) is 7. The number of aromatic nitrogens is 4. The van der Waals surface area contributed by atoms with Crippen molar-refractivity contribution in [1.29, 1.82) is 0 Å². The SMILES string of the molecule is Cn1cc(NC(=O)c2coc(-c3ccncc3CCO)n2)c(N2CCC(C)(C)C2=O)n1. The molecule has 2 amide bonds. The summed E-state index contributed by atoms with van der Waals surface area (Å²) in [4.78, 5) is 35.5. The van der Waals surface area contributed by atoms with Crippen LogP contribution in [0.2, 0.25) is 0 Å². The first-order chi connectivity index (χ1) is 14.8. The summed E-state index contributed by atoms with van der Waals surface area (Å²) in [5.74, 6) is 0.167. The second-order valence-corrected chi connectivity index (χ2v) is 8.13. The molecule has 1 fully saturated rings. The highest BCUT2D eigenvalue weighted by molar-refractivity contribution is 6.07. The predicted octanol–water partition coefficient (Wildman–Crippen LogP) is 2.02. The van der Waals surface area contributed by atoms with Crippen molar-refractivity contribution in [2.24, 2.45) is 12.5 Å². The normalized spacial score (nSPS) is 15.5. The number of amides is 2. The Morgan fingerprint density at radius 2 is 2.19 bits per heavy atom. The molecule has 162 valence electrons. The van der Waals surface area contributed by atoms with Crippen molar-refractivity contribution in [3.8, 4) is 11.5 Å².